The Morgan fingerprint density at radius 3 is 2.48 bits per heavy atom. The lowest BCUT2D eigenvalue weighted by molar-refractivity contribution is -0.118. The smallest absolute Gasteiger partial charge is 0.228 e. The lowest BCUT2D eigenvalue weighted by Gasteiger charge is -2.36. The van der Waals surface area contributed by atoms with Crippen molar-refractivity contribution in [3.63, 3.8) is 0 Å². The molecular weight excluding hydrogens is 348 g/mol. The molecule has 0 N–H and O–H groups in total. The van der Waals surface area contributed by atoms with Crippen LogP contribution in [0, 0.1) is 11.6 Å². The van der Waals surface area contributed by atoms with Crippen LogP contribution in [0.4, 0.5) is 20.2 Å². The molecule has 0 aromatic heterocycles. The van der Waals surface area contributed by atoms with Crippen LogP contribution in [0.25, 0.3) is 0 Å². The Morgan fingerprint density at radius 1 is 0.926 bits per heavy atom. The number of para-hydroxylation sites is 1. The Morgan fingerprint density at radius 2 is 1.70 bits per heavy atom. The zero-order chi connectivity index (χ0) is 18.8. The molecule has 2 aromatic carbocycles. The van der Waals surface area contributed by atoms with Crippen LogP contribution < -0.4 is 9.80 Å². The van der Waals surface area contributed by atoms with Crippen LogP contribution in [0.1, 0.15) is 12.0 Å². The molecule has 0 radical (unpaired) electrons. The summed E-state index contributed by atoms with van der Waals surface area (Å²) >= 11 is 0. The average molecular weight is 371 g/mol. The van der Waals surface area contributed by atoms with E-state index in [2.05, 4.69) is 9.80 Å². The van der Waals surface area contributed by atoms with Gasteiger partial charge in [0.1, 0.15) is 11.6 Å². The van der Waals surface area contributed by atoms with Crippen molar-refractivity contribution in [3.8, 4) is 0 Å². The Balaban J connectivity index is 1.28. The highest BCUT2D eigenvalue weighted by Crippen LogP contribution is 2.29. The first-order valence-electron chi connectivity index (χ1n) is 9.42. The van der Waals surface area contributed by atoms with Gasteiger partial charge in [0.2, 0.25) is 5.91 Å². The van der Waals surface area contributed by atoms with E-state index in [0.29, 0.717) is 31.6 Å². The first-order chi connectivity index (χ1) is 13.1. The third-order valence-corrected chi connectivity index (χ3v) is 5.45. The van der Waals surface area contributed by atoms with Crippen molar-refractivity contribution in [2.24, 2.45) is 0 Å². The molecule has 1 saturated heterocycles. The van der Waals surface area contributed by atoms with Gasteiger partial charge in [-0.05, 0) is 42.3 Å². The van der Waals surface area contributed by atoms with E-state index in [-0.39, 0.29) is 17.5 Å². The third-order valence-electron chi connectivity index (χ3n) is 5.45. The predicted octanol–water partition coefficient (Wildman–Crippen LogP) is 3.07. The molecule has 0 aliphatic carbocycles. The van der Waals surface area contributed by atoms with Crippen LogP contribution in [0.15, 0.2) is 42.5 Å². The highest BCUT2D eigenvalue weighted by molar-refractivity contribution is 5.95. The molecule has 2 heterocycles. The highest BCUT2D eigenvalue weighted by Gasteiger charge is 2.26. The lowest BCUT2D eigenvalue weighted by atomic mass is 10.1. The van der Waals surface area contributed by atoms with E-state index in [1.807, 2.05) is 12.1 Å². The van der Waals surface area contributed by atoms with Crippen molar-refractivity contribution in [1.29, 1.82) is 0 Å². The summed E-state index contributed by atoms with van der Waals surface area (Å²) < 4.78 is 27.2. The lowest BCUT2D eigenvalue weighted by Crippen LogP contribution is -2.47. The van der Waals surface area contributed by atoms with E-state index in [1.165, 1.54) is 18.2 Å². The normalized spacial score (nSPS) is 17.3. The summed E-state index contributed by atoms with van der Waals surface area (Å²) in [6, 6.07) is 11.5. The second-order valence-corrected chi connectivity index (χ2v) is 7.10. The number of nitrogens with zero attached hydrogens (tertiary/aromatic N) is 3. The van der Waals surface area contributed by atoms with Gasteiger partial charge in [0.25, 0.3) is 0 Å². The second kappa shape index (κ2) is 7.64. The molecule has 0 spiro atoms. The average Bonchev–Trinajstić information content (AvgIpc) is 3.10. The molecule has 0 saturated carbocycles. The zero-order valence-corrected chi connectivity index (χ0v) is 15.2. The first-order valence-corrected chi connectivity index (χ1v) is 9.42. The van der Waals surface area contributed by atoms with Crippen molar-refractivity contribution in [3.05, 3.63) is 59.7 Å². The monoisotopic (exact) mass is 371 g/mol. The summed E-state index contributed by atoms with van der Waals surface area (Å²) in [6.45, 7) is 4.43. The van der Waals surface area contributed by atoms with E-state index in [9.17, 15) is 13.6 Å². The van der Waals surface area contributed by atoms with Gasteiger partial charge in [-0.25, -0.2) is 8.78 Å². The molecule has 27 heavy (non-hydrogen) atoms. The highest BCUT2D eigenvalue weighted by atomic mass is 19.1. The maximum atomic E-state index is 13.9. The number of amides is 1. The number of hydrogen-bond acceptors (Lipinski definition) is 3. The van der Waals surface area contributed by atoms with E-state index < -0.39 is 0 Å². The minimum atomic E-state index is -0.254. The molecule has 0 bridgehead atoms. The van der Waals surface area contributed by atoms with Gasteiger partial charge in [0, 0.05) is 51.4 Å². The van der Waals surface area contributed by atoms with Crippen LogP contribution in [0.2, 0.25) is 0 Å². The van der Waals surface area contributed by atoms with Crippen molar-refractivity contribution in [1.82, 2.24) is 4.90 Å². The molecule has 2 aliphatic rings. The van der Waals surface area contributed by atoms with Gasteiger partial charge in [-0.1, -0.05) is 12.1 Å². The van der Waals surface area contributed by atoms with Crippen molar-refractivity contribution in [2.45, 2.75) is 12.8 Å². The topological polar surface area (TPSA) is 26.8 Å². The van der Waals surface area contributed by atoms with Gasteiger partial charge in [-0.3, -0.25) is 9.69 Å². The molecule has 2 aliphatic heterocycles. The van der Waals surface area contributed by atoms with Crippen molar-refractivity contribution >= 4 is 17.3 Å². The van der Waals surface area contributed by atoms with E-state index >= 15 is 0 Å². The summed E-state index contributed by atoms with van der Waals surface area (Å²) in [5.41, 5.74) is 2.39. The fraction of sp³-hybridized carbons (Fsp3) is 0.381. The van der Waals surface area contributed by atoms with Gasteiger partial charge in [0.05, 0.1) is 5.69 Å². The molecule has 0 unspecified atom stereocenters. The number of fused-ring (bicyclic) bond motifs is 1. The number of hydrogen-bond donors (Lipinski definition) is 0. The quantitative estimate of drug-likeness (QED) is 0.827. The minimum Gasteiger partial charge on any atom is -0.367 e. The molecule has 4 rings (SSSR count). The van der Waals surface area contributed by atoms with Crippen LogP contribution >= 0.6 is 0 Å². The van der Waals surface area contributed by atoms with Crippen molar-refractivity contribution in [2.75, 3.05) is 49.1 Å². The fourth-order valence-electron chi connectivity index (χ4n) is 3.94. The van der Waals surface area contributed by atoms with E-state index in [1.54, 1.807) is 17.0 Å². The number of carbonyl (C=O) groups excluding carboxylic acids is 1. The summed E-state index contributed by atoms with van der Waals surface area (Å²) in [5, 5.41) is 0. The molecular formula is C21H23F2N3O. The van der Waals surface area contributed by atoms with Gasteiger partial charge < -0.3 is 9.80 Å². The van der Waals surface area contributed by atoms with E-state index in [0.717, 1.165) is 37.4 Å². The predicted molar refractivity (Wildman–Crippen MR) is 102 cm³/mol. The summed E-state index contributed by atoms with van der Waals surface area (Å²) in [5.74, 6) is -0.363. The minimum absolute atomic E-state index is 0.0805. The second-order valence-electron chi connectivity index (χ2n) is 7.10. The van der Waals surface area contributed by atoms with E-state index in [4.69, 9.17) is 0 Å². The van der Waals surface area contributed by atoms with Crippen LogP contribution in [-0.4, -0.2) is 50.1 Å². The Kier molecular flexibility index (Phi) is 5.07. The standard InChI is InChI=1S/C21H23F2N3O/c22-17-5-6-19-16(15-17)7-10-26(19)21(27)8-9-24-11-13-25(14-12-24)20-4-2-1-3-18(20)23/h1-6,15H,7-14H2. The van der Waals surface area contributed by atoms with Crippen molar-refractivity contribution < 1.29 is 13.6 Å². The molecule has 2 aromatic rings. The van der Waals surface area contributed by atoms with Gasteiger partial charge in [-0.2, -0.15) is 0 Å². The molecule has 6 heteroatoms. The SMILES string of the molecule is O=C(CCN1CCN(c2ccccc2F)CC1)N1CCc2cc(F)ccc21. The maximum Gasteiger partial charge on any atom is 0.228 e. The molecule has 1 amide bonds. The largest absolute Gasteiger partial charge is 0.367 e. The van der Waals surface area contributed by atoms with Crippen LogP contribution in [0.3, 0.4) is 0 Å². The Labute approximate surface area is 158 Å². The number of halogens is 2. The number of piperazine rings is 1. The van der Waals surface area contributed by atoms with Crippen LogP contribution in [-0.2, 0) is 11.2 Å². The van der Waals surface area contributed by atoms with Gasteiger partial charge in [0.15, 0.2) is 0 Å². The first kappa shape index (κ1) is 17.9. The Bertz CT molecular complexity index is 834. The summed E-state index contributed by atoms with van der Waals surface area (Å²) in [6.07, 6.45) is 1.15. The third kappa shape index (κ3) is 3.81. The summed E-state index contributed by atoms with van der Waals surface area (Å²) in [7, 11) is 0. The van der Waals surface area contributed by atoms with Gasteiger partial charge in [-0.15, -0.1) is 0 Å². The number of carbonyl (C=O) groups is 1. The molecule has 4 nitrogen and oxygen atoms in total. The fourth-order valence-corrected chi connectivity index (χ4v) is 3.94. The number of rotatable bonds is 4. The van der Waals surface area contributed by atoms with Crippen LogP contribution in [0.5, 0.6) is 0 Å². The number of benzene rings is 2. The maximum absolute atomic E-state index is 13.9. The molecule has 1 fully saturated rings. The Hall–Kier alpha value is -2.47. The number of anilines is 2. The molecule has 0 atom stereocenters. The zero-order valence-electron chi connectivity index (χ0n) is 15.2. The molecule has 142 valence electrons. The summed E-state index contributed by atoms with van der Waals surface area (Å²) in [4.78, 5) is 18.7. The van der Waals surface area contributed by atoms with Gasteiger partial charge >= 0.3 is 0 Å².